The maximum atomic E-state index is 10.5. The van der Waals surface area contributed by atoms with Crippen LogP contribution in [0.3, 0.4) is 0 Å². The molecule has 80 valence electrons. The van der Waals surface area contributed by atoms with Crippen molar-refractivity contribution >= 4 is 17.3 Å². The van der Waals surface area contributed by atoms with E-state index in [0.717, 1.165) is 12.1 Å². The summed E-state index contributed by atoms with van der Waals surface area (Å²) in [6.45, 7) is 0. The second kappa shape index (κ2) is 5.54. The van der Waals surface area contributed by atoms with Gasteiger partial charge in [0.2, 0.25) is 0 Å². The van der Waals surface area contributed by atoms with Gasteiger partial charge in [-0.2, -0.15) is 0 Å². The van der Waals surface area contributed by atoms with Crippen LogP contribution >= 0.6 is 0 Å². The number of nitro groups is 2. The van der Waals surface area contributed by atoms with Gasteiger partial charge < -0.3 is 6.53 Å². The Bertz CT molecular complexity index is 387. The SMILES string of the molecule is O=C(O)c1cc([N+](=O)[O-])cc([N+](=O)[O-])c1.[H-].[Na+]. The molecule has 0 fully saturated rings. The summed E-state index contributed by atoms with van der Waals surface area (Å²) in [5.74, 6) is -1.46. The van der Waals surface area contributed by atoms with Crippen LogP contribution in [0.1, 0.15) is 11.8 Å². The topological polar surface area (TPSA) is 124 Å². The zero-order valence-electron chi connectivity index (χ0n) is 9.11. The van der Waals surface area contributed by atoms with Crippen molar-refractivity contribution in [2.45, 2.75) is 0 Å². The number of carboxylic acids is 1. The van der Waals surface area contributed by atoms with Gasteiger partial charge in [-0.25, -0.2) is 4.79 Å². The standard InChI is InChI=1S/C7H4N2O6.Na.H/c10-7(11)4-1-5(8(12)13)3-6(2-4)9(14)15;;/h1-3H,(H,10,11);;/q;+1;-1. The smallest absolute Gasteiger partial charge is 1.00 e. The minimum atomic E-state index is -1.46. The molecule has 0 aliphatic rings. The van der Waals surface area contributed by atoms with Crippen LogP contribution in [-0.2, 0) is 0 Å². The molecular weight excluding hydrogens is 231 g/mol. The fraction of sp³-hybridized carbons (Fsp3) is 0. The number of rotatable bonds is 3. The average molecular weight is 236 g/mol. The van der Waals surface area contributed by atoms with Crippen molar-refractivity contribution in [3.8, 4) is 0 Å². The molecule has 0 bridgehead atoms. The van der Waals surface area contributed by atoms with Crippen molar-refractivity contribution in [1.29, 1.82) is 0 Å². The maximum absolute atomic E-state index is 10.5. The zero-order chi connectivity index (χ0) is 11.6. The summed E-state index contributed by atoms with van der Waals surface area (Å²) in [6, 6.07) is 2.22. The zero-order valence-corrected chi connectivity index (χ0v) is 10.1. The van der Waals surface area contributed by atoms with E-state index in [2.05, 4.69) is 0 Å². The molecule has 0 aliphatic heterocycles. The van der Waals surface area contributed by atoms with Gasteiger partial charge >= 0.3 is 35.5 Å². The predicted octanol–water partition coefficient (Wildman–Crippen LogP) is -1.68. The average Bonchev–Trinajstić information content (AvgIpc) is 2.16. The second-order valence-electron chi connectivity index (χ2n) is 2.56. The molecule has 0 saturated heterocycles. The third kappa shape index (κ3) is 3.26. The van der Waals surface area contributed by atoms with E-state index in [1.54, 1.807) is 0 Å². The number of nitrogens with zero attached hydrogens (tertiary/aromatic N) is 2. The molecule has 0 saturated carbocycles. The number of non-ortho nitro benzene ring substituents is 2. The Morgan fingerprint density at radius 3 is 1.75 bits per heavy atom. The first-order chi connectivity index (χ1) is 6.91. The molecule has 16 heavy (non-hydrogen) atoms. The number of carbonyl (C=O) groups is 1. The number of aromatic carboxylic acids is 1. The summed E-state index contributed by atoms with van der Waals surface area (Å²) in [7, 11) is 0. The van der Waals surface area contributed by atoms with Gasteiger partial charge in [-0.3, -0.25) is 20.2 Å². The largest absolute Gasteiger partial charge is 1.00 e. The van der Waals surface area contributed by atoms with Gasteiger partial charge in [0.15, 0.2) is 0 Å². The van der Waals surface area contributed by atoms with E-state index in [1.165, 1.54) is 0 Å². The Balaban J connectivity index is 0. The Kier molecular flexibility index (Phi) is 5.02. The minimum absolute atomic E-state index is 0. The van der Waals surface area contributed by atoms with Gasteiger partial charge in [0.1, 0.15) is 0 Å². The number of carboxylic acid groups (broad SMARTS) is 1. The monoisotopic (exact) mass is 236 g/mol. The van der Waals surface area contributed by atoms with Crippen LogP contribution in [-0.4, -0.2) is 20.9 Å². The summed E-state index contributed by atoms with van der Waals surface area (Å²) in [5.41, 5.74) is -1.74. The first-order valence-corrected chi connectivity index (χ1v) is 3.59. The normalized spacial score (nSPS) is 9.00. The van der Waals surface area contributed by atoms with Gasteiger partial charge in [0, 0.05) is 12.1 Å². The third-order valence-electron chi connectivity index (χ3n) is 1.57. The van der Waals surface area contributed by atoms with Crippen LogP contribution in [0.2, 0.25) is 0 Å². The summed E-state index contributed by atoms with van der Waals surface area (Å²) in [6.07, 6.45) is 0. The number of nitro benzene ring substituents is 2. The van der Waals surface area contributed by atoms with E-state index in [-0.39, 0.29) is 31.0 Å². The summed E-state index contributed by atoms with van der Waals surface area (Å²) < 4.78 is 0. The van der Waals surface area contributed by atoms with Crippen LogP contribution in [0, 0.1) is 20.2 Å². The number of hydrogen-bond acceptors (Lipinski definition) is 5. The maximum Gasteiger partial charge on any atom is 1.00 e. The number of hydrogen-bond donors (Lipinski definition) is 1. The molecule has 0 radical (unpaired) electrons. The molecule has 0 heterocycles. The predicted molar refractivity (Wildman–Crippen MR) is 47.8 cm³/mol. The van der Waals surface area contributed by atoms with Gasteiger partial charge in [-0.1, -0.05) is 0 Å². The Morgan fingerprint density at radius 1 is 1.12 bits per heavy atom. The van der Waals surface area contributed by atoms with Crippen molar-refractivity contribution in [2.75, 3.05) is 0 Å². The first-order valence-electron chi connectivity index (χ1n) is 3.59. The summed E-state index contributed by atoms with van der Waals surface area (Å²) in [5, 5.41) is 29.2. The minimum Gasteiger partial charge on any atom is -1.00 e. The molecular formula is C7H5N2NaO6. The van der Waals surface area contributed by atoms with Crippen molar-refractivity contribution < 1.29 is 50.7 Å². The van der Waals surface area contributed by atoms with Gasteiger partial charge in [0.05, 0.1) is 21.5 Å². The van der Waals surface area contributed by atoms with Crippen molar-refractivity contribution in [1.82, 2.24) is 0 Å². The second-order valence-corrected chi connectivity index (χ2v) is 2.56. The van der Waals surface area contributed by atoms with Crippen molar-refractivity contribution in [2.24, 2.45) is 0 Å². The molecule has 1 aromatic rings. The molecule has 1 N–H and O–H groups in total. The van der Waals surface area contributed by atoms with Crippen molar-refractivity contribution in [3.63, 3.8) is 0 Å². The fourth-order valence-electron chi connectivity index (χ4n) is 0.929. The molecule has 9 heteroatoms. The molecule has 0 atom stereocenters. The van der Waals surface area contributed by atoms with E-state index >= 15 is 0 Å². The molecule has 0 spiro atoms. The Hall–Kier alpha value is -1.51. The molecule has 1 rings (SSSR count). The number of benzene rings is 1. The molecule has 0 amide bonds. The molecule has 0 unspecified atom stereocenters. The van der Waals surface area contributed by atoms with E-state index in [0.29, 0.717) is 6.07 Å². The van der Waals surface area contributed by atoms with Gasteiger partial charge in [-0.15, -0.1) is 0 Å². The Morgan fingerprint density at radius 2 is 1.50 bits per heavy atom. The molecule has 8 nitrogen and oxygen atoms in total. The molecule has 0 aromatic heterocycles. The van der Waals surface area contributed by atoms with Gasteiger partial charge in [-0.05, 0) is 0 Å². The van der Waals surface area contributed by atoms with Crippen molar-refractivity contribution in [3.05, 3.63) is 44.0 Å². The van der Waals surface area contributed by atoms with Crippen LogP contribution < -0.4 is 29.6 Å². The third-order valence-corrected chi connectivity index (χ3v) is 1.57. The van der Waals surface area contributed by atoms with E-state index in [4.69, 9.17) is 5.11 Å². The van der Waals surface area contributed by atoms with Crippen LogP contribution in [0.5, 0.6) is 0 Å². The molecule has 0 aliphatic carbocycles. The summed E-state index contributed by atoms with van der Waals surface area (Å²) >= 11 is 0. The first kappa shape index (κ1) is 14.5. The quantitative estimate of drug-likeness (QED) is 0.379. The van der Waals surface area contributed by atoms with Gasteiger partial charge in [0.25, 0.3) is 11.4 Å². The molecule has 1 aromatic carbocycles. The van der Waals surface area contributed by atoms with Crippen LogP contribution in [0.15, 0.2) is 18.2 Å². The van der Waals surface area contributed by atoms with Crippen LogP contribution in [0.25, 0.3) is 0 Å². The van der Waals surface area contributed by atoms with E-state index in [9.17, 15) is 25.0 Å². The van der Waals surface area contributed by atoms with E-state index in [1.807, 2.05) is 0 Å². The fourth-order valence-corrected chi connectivity index (χ4v) is 0.929. The van der Waals surface area contributed by atoms with Crippen LogP contribution in [0.4, 0.5) is 11.4 Å². The summed E-state index contributed by atoms with van der Waals surface area (Å²) in [4.78, 5) is 29.4. The van der Waals surface area contributed by atoms with E-state index < -0.39 is 32.8 Å². The Labute approximate surface area is 112 Å².